The molecule has 0 bridgehead atoms. The Hall–Kier alpha value is -1.04. The molecule has 17 heteroatoms. The second-order valence-electron chi connectivity index (χ2n) is 7.75. The van der Waals surface area contributed by atoms with Crippen LogP contribution in [-0.2, 0) is 31.6 Å². The van der Waals surface area contributed by atoms with Crippen LogP contribution >= 0.6 is 23.2 Å². The molecule has 3 rings (SSSR count). The highest BCUT2D eigenvalue weighted by Crippen LogP contribution is 2.66. The molecule has 32 heavy (non-hydrogen) atoms. The van der Waals surface area contributed by atoms with Crippen LogP contribution in [0.25, 0.3) is 0 Å². The average Bonchev–Trinajstić information content (AvgIpc) is 3.12. The van der Waals surface area contributed by atoms with Crippen LogP contribution in [0.2, 0.25) is 0 Å². The minimum Gasteiger partial charge on any atom is -0.352 e. The van der Waals surface area contributed by atoms with E-state index in [0.717, 1.165) is 0 Å². The smallest absolute Gasteiger partial charge is 0.352 e. The van der Waals surface area contributed by atoms with Crippen LogP contribution in [0.4, 0.5) is 5.82 Å². The molecule has 1 saturated heterocycles. The lowest BCUT2D eigenvalue weighted by atomic mass is 9.93. The number of ketones is 1. The standard InChI is InChI=1S/C15H24N3O11P3/c1-8-5-11(19)13-14(17-8)18(7-16-13)15-10(3)9(2)12(27-15)6-26-31(22,23)29-32(24,25)28-30(4,20)21/h7,9-10,12,15H,5-6H2,1-4H3,(H,20,21)(H,22,23)(H,24,25)/t9-,10+,12+,15+/m0/s1. The summed E-state index contributed by atoms with van der Waals surface area (Å²) in [5, 5.41) is 0. The highest BCUT2D eigenvalue weighted by atomic mass is 31.3. The number of ether oxygens (including phenoxy) is 1. The molecule has 7 atom stereocenters. The third-order valence-electron chi connectivity index (χ3n) is 5.06. The van der Waals surface area contributed by atoms with Gasteiger partial charge < -0.3 is 19.4 Å². The maximum atomic E-state index is 12.2. The minimum atomic E-state index is -5.35. The van der Waals surface area contributed by atoms with Gasteiger partial charge in [0.15, 0.2) is 17.3 Å². The number of carbonyl (C=O) groups excluding carboxylic acids is 1. The van der Waals surface area contributed by atoms with Crippen molar-refractivity contribution in [3.63, 3.8) is 0 Å². The Kier molecular flexibility index (Phi) is 7.16. The molecule has 1 aromatic rings. The summed E-state index contributed by atoms with van der Waals surface area (Å²) in [4.78, 5) is 48.8. The lowest BCUT2D eigenvalue weighted by Crippen LogP contribution is -2.21. The zero-order chi connectivity index (χ0) is 24.1. The van der Waals surface area contributed by atoms with E-state index in [1.165, 1.54) is 6.33 Å². The molecule has 0 radical (unpaired) electrons. The van der Waals surface area contributed by atoms with Crippen molar-refractivity contribution in [3.8, 4) is 0 Å². The van der Waals surface area contributed by atoms with Crippen LogP contribution in [0.5, 0.6) is 0 Å². The Labute approximate surface area is 183 Å². The Morgan fingerprint density at radius 3 is 2.44 bits per heavy atom. The largest absolute Gasteiger partial charge is 0.488 e. The highest BCUT2D eigenvalue weighted by molar-refractivity contribution is 7.68. The molecule has 3 N–H and O–H groups in total. The molecule has 0 spiro atoms. The number of rotatable bonds is 8. The van der Waals surface area contributed by atoms with Gasteiger partial charge in [-0.15, -0.1) is 0 Å². The van der Waals surface area contributed by atoms with E-state index in [1.807, 2.05) is 13.8 Å². The molecule has 3 unspecified atom stereocenters. The Bertz CT molecular complexity index is 1080. The molecule has 14 nitrogen and oxygen atoms in total. The van der Waals surface area contributed by atoms with E-state index in [0.29, 0.717) is 18.2 Å². The third-order valence-corrected chi connectivity index (χ3v) is 9.23. The van der Waals surface area contributed by atoms with Gasteiger partial charge in [0.2, 0.25) is 0 Å². The summed E-state index contributed by atoms with van der Waals surface area (Å²) in [5.41, 5.74) is 0.874. The van der Waals surface area contributed by atoms with Gasteiger partial charge in [0.05, 0.1) is 25.5 Å². The third kappa shape index (κ3) is 5.90. The Morgan fingerprint density at radius 2 is 1.81 bits per heavy atom. The summed E-state index contributed by atoms with van der Waals surface area (Å²) >= 11 is 0. The first-order chi connectivity index (χ1) is 14.6. The van der Waals surface area contributed by atoms with E-state index in [-0.39, 0.29) is 29.7 Å². The predicted molar refractivity (Wildman–Crippen MR) is 110 cm³/mol. The molecule has 0 saturated carbocycles. The van der Waals surface area contributed by atoms with Crippen LogP contribution in [0.1, 0.15) is 43.9 Å². The summed E-state index contributed by atoms with van der Waals surface area (Å²) in [5.74, 6) is -0.153. The number of imidazole rings is 1. The summed E-state index contributed by atoms with van der Waals surface area (Å²) in [6, 6.07) is 0. The molecule has 0 aliphatic carbocycles. The average molecular weight is 515 g/mol. The number of phosphoric ester groups is 1. The second kappa shape index (κ2) is 8.96. The quantitative estimate of drug-likeness (QED) is 0.429. The number of hydrogen-bond donors (Lipinski definition) is 3. The van der Waals surface area contributed by atoms with E-state index in [1.54, 1.807) is 11.5 Å². The van der Waals surface area contributed by atoms with Crippen LogP contribution in [-0.4, -0.2) is 55.1 Å². The topological polar surface area (TPSA) is 196 Å². The van der Waals surface area contributed by atoms with E-state index in [2.05, 4.69) is 18.6 Å². The maximum absolute atomic E-state index is 12.2. The number of carbonyl (C=O) groups is 1. The monoisotopic (exact) mass is 515 g/mol. The number of phosphoric acid groups is 2. The van der Waals surface area contributed by atoms with E-state index < -0.39 is 42.2 Å². The van der Waals surface area contributed by atoms with Crippen molar-refractivity contribution in [2.75, 3.05) is 13.3 Å². The normalized spacial score (nSPS) is 31.3. The molecule has 0 amide bonds. The molecule has 0 aromatic carbocycles. The summed E-state index contributed by atoms with van der Waals surface area (Å²) in [6.07, 6.45) is 0.282. The van der Waals surface area contributed by atoms with Crippen LogP contribution in [0.3, 0.4) is 0 Å². The molecule has 2 aliphatic heterocycles. The van der Waals surface area contributed by atoms with Gasteiger partial charge in [-0.3, -0.25) is 18.5 Å². The van der Waals surface area contributed by atoms with Gasteiger partial charge in [0, 0.05) is 18.3 Å². The lowest BCUT2D eigenvalue weighted by Gasteiger charge is -2.20. The summed E-state index contributed by atoms with van der Waals surface area (Å²) in [7, 11) is -15.0. The van der Waals surface area contributed by atoms with Crippen LogP contribution < -0.4 is 0 Å². The number of aromatic nitrogens is 2. The number of fused-ring (bicyclic) bond motifs is 1. The van der Waals surface area contributed by atoms with Gasteiger partial charge in [-0.1, -0.05) is 13.8 Å². The number of Topliss-reactive ketones (excluding diaryl/α,β-unsaturated/α-hetero) is 1. The van der Waals surface area contributed by atoms with Gasteiger partial charge in [-0.05, 0) is 12.8 Å². The maximum Gasteiger partial charge on any atom is 0.488 e. The van der Waals surface area contributed by atoms with Gasteiger partial charge in [0.1, 0.15) is 6.23 Å². The van der Waals surface area contributed by atoms with Crippen molar-refractivity contribution < 1.29 is 51.1 Å². The van der Waals surface area contributed by atoms with Crippen LogP contribution in [0, 0.1) is 11.8 Å². The number of nitrogens with zero attached hydrogens (tertiary/aromatic N) is 3. The first kappa shape index (κ1) is 25.6. The highest BCUT2D eigenvalue weighted by Gasteiger charge is 2.44. The molecule has 180 valence electrons. The minimum absolute atomic E-state index is 0.152. The van der Waals surface area contributed by atoms with E-state index in [4.69, 9.17) is 14.2 Å². The van der Waals surface area contributed by atoms with Crippen molar-refractivity contribution in [2.24, 2.45) is 16.8 Å². The fraction of sp³-hybridized carbons (Fsp3) is 0.667. The van der Waals surface area contributed by atoms with E-state index >= 15 is 0 Å². The Morgan fingerprint density at radius 1 is 1.16 bits per heavy atom. The molecule has 3 heterocycles. The SMILES string of the molecule is CC1=Nc2c(ncn2[C@@H]2O[C@H](COP(=O)(O)OP(=O)(O)OP(C)(=O)O)[C@@H](C)[C@H]2C)C(=O)C1. The summed E-state index contributed by atoms with van der Waals surface area (Å²) < 4.78 is 55.1. The molecule has 1 aromatic heterocycles. The van der Waals surface area contributed by atoms with Crippen molar-refractivity contribution in [3.05, 3.63) is 12.0 Å². The first-order valence-electron chi connectivity index (χ1n) is 9.41. The van der Waals surface area contributed by atoms with Crippen molar-refractivity contribution in [2.45, 2.75) is 39.5 Å². The first-order valence-corrected chi connectivity index (χ1v) is 14.4. The number of aliphatic imine (C=N–C) groups is 1. The molecule has 2 aliphatic rings. The van der Waals surface area contributed by atoms with Crippen LogP contribution in [0.15, 0.2) is 11.3 Å². The molecular formula is C15H24N3O11P3. The van der Waals surface area contributed by atoms with Gasteiger partial charge in [-0.2, -0.15) is 4.31 Å². The molecular weight excluding hydrogens is 491 g/mol. The van der Waals surface area contributed by atoms with Crippen molar-refractivity contribution >= 4 is 40.6 Å². The van der Waals surface area contributed by atoms with Gasteiger partial charge >= 0.3 is 23.2 Å². The number of hydrogen-bond acceptors (Lipinski definition) is 10. The second-order valence-corrected chi connectivity index (χ2v) is 12.8. The predicted octanol–water partition coefficient (Wildman–Crippen LogP) is 2.80. The molecule has 1 fully saturated rings. The van der Waals surface area contributed by atoms with Crippen molar-refractivity contribution in [1.29, 1.82) is 0 Å². The van der Waals surface area contributed by atoms with E-state index in [9.17, 15) is 28.3 Å². The van der Waals surface area contributed by atoms with Gasteiger partial charge in [-0.25, -0.2) is 23.4 Å². The fourth-order valence-electron chi connectivity index (χ4n) is 3.45. The summed E-state index contributed by atoms with van der Waals surface area (Å²) in [6.45, 7) is 5.51. The zero-order valence-electron chi connectivity index (χ0n) is 17.6. The zero-order valence-corrected chi connectivity index (χ0v) is 20.3. The fourth-order valence-corrected chi connectivity index (χ4v) is 6.93. The van der Waals surface area contributed by atoms with Crippen molar-refractivity contribution in [1.82, 2.24) is 9.55 Å². The Balaban J connectivity index is 1.69. The lowest BCUT2D eigenvalue weighted by molar-refractivity contribution is -0.0340. The van der Waals surface area contributed by atoms with Gasteiger partial charge in [0.25, 0.3) is 0 Å².